The van der Waals surface area contributed by atoms with Gasteiger partial charge in [0, 0.05) is 18.6 Å². The highest BCUT2D eigenvalue weighted by Crippen LogP contribution is 2.40. The second kappa shape index (κ2) is 4.76. The molecular weight excluding hydrogens is 258 g/mol. The summed E-state index contributed by atoms with van der Waals surface area (Å²) in [6.07, 6.45) is 0. The topological polar surface area (TPSA) is 63.6 Å². The maximum Gasteiger partial charge on any atom is 0.294 e. The lowest BCUT2D eigenvalue weighted by atomic mass is 10.1. The van der Waals surface area contributed by atoms with Crippen LogP contribution in [0, 0.1) is 6.92 Å². The molecule has 0 fully saturated rings. The second-order valence-electron chi connectivity index (χ2n) is 4.94. The van der Waals surface area contributed by atoms with Gasteiger partial charge in [-0.25, -0.2) is 0 Å². The zero-order valence-corrected chi connectivity index (χ0v) is 11.6. The van der Waals surface area contributed by atoms with E-state index in [2.05, 4.69) is 0 Å². The lowest BCUT2D eigenvalue weighted by molar-refractivity contribution is 0.323. The molecule has 0 aliphatic carbocycles. The molecule has 0 saturated carbocycles. The Balaban J connectivity index is 2.62. The molecule has 0 atom stereocenters. The summed E-state index contributed by atoms with van der Waals surface area (Å²) in [5.74, 6) is -0.0441. The van der Waals surface area contributed by atoms with Gasteiger partial charge in [-0.05, 0) is 6.92 Å². The Morgan fingerprint density at radius 3 is 2.50 bits per heavy atom. The number of phenolic OH excluding ortho intramolecular Hbond substituents is 1. The molecule has 2 rings (SSSR count). The Hall–Kier alpha value is -2.14. The van der Waals surface area contributed by atoms with Gasteiger partial charge >= 0.3 is 0 Å². The molecule has 0 heterocycles. The Morgan fingerprint density at radius 2 is 1.90 bits per heavy atom. The molecule has 5 nitrogen and oxygen atoms in total. The normalized spacial score (nSPS) is 11.8. The van der Waals surface area contributed by atoms with E-state index in [4.69, 9.17) is 11.7 Å². The average Bonchev–Trinajstić information content (AvgIpc) is 2.40. The van der Waals surface area contributed by atoms with Crippen LogP contribution >= 0.6 is 0 Å². The molecule has 2 aromatic rings. The molecule has 0 aliphatic rings. The van der Waals surface area contributed by atoms with Gasteiger partial charge in [0.2, 0.25) is 11.4 Å². The number of aromatic hydroxyl groups is 1. The van der Waals surface area contributed by atoms with Crippen LogP contribution in [0.1, 0.15) is 12.5 Å². The van der Waals surface area contributed by atoms with Crippen molar-refractivity contribution in [1.82, 2.24) is 4.48 Å². The van der Waals surface area contributed by atoms with Crippen molar-refractivity contribution in [1.29, 1.82) is 0 Å². The summed E-state index contributed by atoms with van der Waals surface area (Å²) < 4.78 is 5.13. The van der Waals surface area contributed by atoms with Gasteiger partial charge in [-0.1, -0.05) is 12.1 Å². The summed E-state index contributed by atoms with van der Waals surface area (Å²) in [5, 5.41) is 10.1. The first-order chi connectivity index (χ1) is 9.32. The van der Waals surface area contributed by atoms with Crippen LogP contribution < -0.4 is 20.1 Å². The predicted octanol–water partition coefficient (Wildman–Crippen LogP) is 1.34. The molecule has 0 unspecified atom stereocenters. The molecule has 0 saturated heterocycles. The molecule has 0 bridgehead atoms. The molecule has 1 N–H and O–H groups in total. The fourth-order valence-electron chi connectivity index (χ4n) is 2.26. The van der Waals surface area contributed by atoms with E-state index in [-0.39, 0.29) is 27.2 Å². The zero-order valence-electron chi connectivity index (χ0n) is 11.6. The number of quaternary nitrogens is 1. The lowest BCUT2D eigenvalue weighted by Gasteiger charge is -2.30. The van der Waals surface area contributed by atoms with Crippen LogP contribution in [0.3, 0.4) is 0 Å². The number of nitrogens with zero attached hydrogens (tertiary/aromatic N) is 1. The van der Waals surface area contributed by atoms with Gasteiger partial charge in [-0.15, -0.1) is 0 Å². The lowest BCUT2D eigenvalue weighted by Crippen LogP contribution is -2.47. The van der Waals surface area contributed by atoms with Crippen LogP contribution in [-0.4, -0.2) is 25.8 Å². The van der Waals surface area contributed by atoms with Gasteiger partial charge in [0.15, 0.2) is 11.4 Å². The van der Waals surface area contributed by atoms with Crippen LogP contribution in [0.25, 0.3) is 0 Å². The van der Waals surface area contributed by atoms with Crippen LogP contribution in [0.2, 0.25) is 0 Å². The van der Waals surface area contributed by atoms with Gasteiger partial charge in [0.1, 0.15) is 0 Å². The van der Waals surface area contributed by atoms with Crippen molar-refractivity contribution in [2.24, 2.45) is 0 Å². The summed E-state index contributed by atoms with van der Waals surface area (Å²) in [7, 11) is 3.38. The quantitative estimate of drug-likeness (QED) is 0.675. The molecular formula is C15H16NO4+. The van der Waals surface area contributed by atoms with E-state index in [0.717, 1.165) is 0 Å². The van der Waals surface area contributed by atoms with Crippen molar-refractivity contribution < 1.29 is 9.84 Å². The fourth-order valence-corrected chi connectivity index (χ4v) is 2.26. The molecule has 2 aromatic carbocycles. The van der Waals surface area contributed by atoms with Crippen molar-refractivity contribution in [3.8, 4) is 11.5 Å². The van der Waals surface area contributed by atoms with Gasteiger partial charge < -0.3 is 9.84 Å². The Labute approximate surface area is 116 Å². The fraction of sp³-hybridized carbons (Fsp3) is 0.267. The van der Waals surface area contributed by atoms with Crippen molar-refractivity contribution in [3.05, 3.63) is 51.1 Å². The Bertz CT molecular complexity index is 724. The van der Waals surface area contributed by atoms with E-state index < -0.39 is 10.9 Å². The zero-order chi connectivity index (χ0) is 15.1. The second-order valence-corrected chi connectivity index (χ2v) is 4.94. The summed E-state index contributed by atoms with van der Waals surface area (Å²) >= 11 is 0. The van der Waals surface area contributed by atoms with E-state index in [0.29, 0.717) is 12.3 Å². The maximum absolute atomic E-state index is 11.8. The number of hydrogen-bond donors (Lipinski definition) is 1. The van der Waals surface area contributed by atoms with E-state index in [1.807, 2.05) is 0 Å². The highest BCUT2D eigenvalue weighted by atomic mass is 16.5. The minimum atomic E-state index is -0.628. The molecule has 0 aromatic heterocycles. The van der Waals surface area contributed by atoms with Gasteiger partial charge in [-0.2, -0.15) is 0 Å². The number of rotatable bonds is 4. The Kier molecular flexibility index (Phi) is 3.39. The molecule has 104 valence electrons. The van der Waals surface area contributed by atoms with Crippen LogP contribution in [0.15, 0.2) is 27.8 Å². The van der Waals surface area contributed by atoms with E-state index in [1.54, 1.807) is 39.2 Å². The highest BCUT2D eigenvalue weighted by Gasteiger charge is 2.39. The minimum absolute atomic E-state index is 0.0596. The van der Waals surface area contributed by atoms with E-state index in [1.165, 1.54) is 0 Å². The van der Waals surface area contributed by atoms with Crippen molar-refractivity contribution in [2.75, 3.05) is 20.7 Å². The minimum Gasteiger partial charge on any atom is -0.503 e. The number of benzene rings is 1. The number of phenols is 1. The van der Waals surface area contributed by atoms with E-state index in [9.17, 15) is 14.7 Å². The first kappa shape index (κ1) is 14.3. The molecule has 0 amide bonds. The molecule has 5 heteroatoms. The number of para-hydroxylation sites is 1. The average molecular weight is 274 g/mol. The van der Waals surface area contributed by atoms with E-state index >= 15 is 0 Å². The smallest absolute Gasteiger partial charge is 0.294 e. The molecule has 0 aliphatic heterocycles. The van der Waals surface area contributed by atoms with Crippen molar-refractivity contribution >= 4 is 11.4 Å². The summed E-state index contributed by atoms with van der Waals surface area (Å²) in [5.41, 5.74) is -0.363. The standard InChI is InChI=1S/C15H15NO4/c1-5-20-15-11(13(18)14(15)19)16(3,4)10-8-6-7-9(2)12(10)17/h2,6-8H,5H2,1,3-4H3/p+1. The number of ether oxygens (including phenoxy) is 1. The summed E-state index contributed by atoms with van der Waals surface area (Å²) in [6, 6.07) is 4.89. The Morgan fingerprint density at radius 1 is 1.25 bits per heavy atom. The molecule has 2 radical (unpaired) electrons. The highest BCUT2D eigenvalue weighted by molar-refractivity contribution is 5.72. The first-order valence-electron chi connectivity index (χ1n) is 6.21. The third kappa shape index (κ3) is 1.91. The van der Waals surface area contributed by atoms with Crippen LogP contribution in [0.5, 0.6) is 11.5 Å². The summed E-state index contributed by atoms with van der Waals surface area (Å²) in [4.78, 5) is 23.4. The monoisotopic (exact) mass is 274 g/mol. The van der Waals surface area contributed by atoms with Crippen molar-refractivity contribution in [2.45, 2.75) is 6.92 Å². The third-order valence-electron chi connectivity index (χ3n) is 3.34. The largest absolute Gasteiger partial charge is 0.503 e. The van der Waals surface area contributed by atoms with Crippen LogP contribution in [0.4, 0.5) is 11.4 Å². The van der Waals surface area contributed by atoms with Gasteiger partial charge in [-0.3, -0.25) is 14.1 Å². The van der Waals surface area contributed by atoms with Crippen LogP contribution in [-0.2, 0) is 0 Å². The predicted molar refractivity (Wildman–Crippen MR) is 77.3 cm³/mol. The maximum atomic E-state index is 11.8. The van der Waals surface area contributed by atoms with Gasteiger partial charge in [0.05, 0.1) is 20.7 Å². The molecule has 0 spiro atoms. The summed E-state index contributed by atoms with van der Waals surface area (Å²) in [6.45, 7) is 7.70. The first-order valence-corrected chi connectivity index (χ1v) is 6.21. The molecule has 20 heavy (non-hydrogen) atoms. The number of hydrogen-bond acceptors (Lipinski definition) is 4. The third-order valence-corrected chi connectivity index (χ3v) is 3.34. The van der Waals surface area contributed by atoms with Gasteiger partial charge in [0.25, 0.3) is 10.9 Å². The SMILES string of the molecule is [CH]c1cccc([N+](C)(C)c2c(OCC)c(=O)c2=O)c1O. The van der Waals surface area contributed by atoms with Crippen molar-refractivity contribution in [3.63, 3.8) is 0 Å².